The van der Waals surface area contributed by atoms with Crippen LogP contribution in [0.5, 0.6) is 0 Å². The summed E-state index contributed by atoms with van der Waals surface area (Å²) >= 11 is 0. The van der Waals surface area contributed by atoms with Gasteiger partial charge >= 0.3 is 0 Å². The van der Waals surface area contributed by atoms with Gasteiger partial charge in [-0.25, -0.2) is 0 Å². The summed E-state index contributed by atoms with van der Waals surface area (Å²) in [5, 5.41) is 6.49. The normalized spacial score (nSPS) is 11.4. The van der Waals surface area contributed by atoms with Gasteiger partial charge in [-0.05, 0) is 35.2 Å². The maximum absolute atomic E-state index is 12.6. The van der Waals surface area contributed by atoms with Crippen LogP contribution in [0.25, 0.3) is 10.9 Å². The Hall–Kier alpha value is -3.08. The van der Waals surface area contributed by atoms with E-state index in [1.54, 1.807) is 12.1 Å². The SMILES string of the molecule is CNc1cc(NC(=O)c2c[nH]c3ccccc3c2=O)ccc1C(C)(C)C. The van der Waals surface area contributed by atoms with Gasteiger partial charge in [0, 0.05) is 35.5 Å². The first kappa shape index (κ1) is 17.7. The van der Waals surface area contributed by atoms with Crippen molar-refractivity contribution in [1.29, 1.82) is 0 Å². The van der Waals surface area contributed by atoms with Crippen molar-refractivity contribution in [3.63, 3.8) is 0 Å². The van der Waals surface area contributed by atoms with Gasteiger partial charge < -0.3 is 15.6 Å². The quantitative estimate of drug-likeness (QED) is 0.666. The van der Waals surface area contributed by atoms with Crippen molar-refractivity contribution in [3.05, 3.63) is 70.0 Å². The van der Waals surface area contributed by atoms with Gasteiger partial charge in [-0.2, -0.15) is 0 Å². The van der Waals surface area contributed by atoms with Crippen LogP contribution in [0, 0.1) is 0 Å². The zero-order valence-electron chi connectivity index (χ0n) is 15.4. The number of benzene rings is 2. The molecule has 0 aliphatic heterocycles. The molecular formula is C21H23N3O2. The fourth-order valence-electron chi connectivity index (χ4n) is 3.02. The molecule has 2 aromatic carbocycles. The molecule has 3 rings (SSSR count). The van der Waals surface area contributed by atoms with E-state index in [0.29, 0.717) is 16.6 Å². The lowest BCUT2D eigenvalue weighted by molar-refractivity contribution is 0.102. The Kier molecular flexibility index (Phi) is 4.55. The molecule has 3 N–H and O–H groups in total. The molecule has 1 heterocycles. The van der Waals surface area contributed by atoms with E-state index in [1.165, 1.54) is 6.20 Å². The molecule has 3 aromatic rings. The summed E-state index contributed by atoms with van der Waals surface area (Å²) in [6.07, 6.45) is 1.46. The minimum absolute atomic E-state index is 0.0175. The van der Waals surface area contributed by atoms with Crippen LogP contribution in [0.15, 0.2) is 53.5 Å². The molecule has 1 amide bonds. The Morgan fingerprint density at radius 2 is 1.81 bits per heavy atom. The summed E-state index contributed by atoms with van der Waals surface area (Å²) in [4.78, 5) is 28.2. The molecule has 0 aliphatic rings. The summed E-state index contributed by atoms with van der Waals surface area (Å²) in [7, 11) is 1.85. The predicted octanol–water partition coefficient (Wildman–Crippen LogP) is 4.12. The Morgan fingerprint density at radius 3 is 2.50 bits per heavy atom. The number of nitrogens with one attached hydrogen (secondary N) is 3. The minimum Gasteiger partial charge on any atom is -0.388 e. The van der Waals surface area contributed by atoms with Gasteiger partial charge in [0.25, 0.3) is 5.91 Å². The summed E-state index contributed by atoms with van der Waals surface area (Å²) in [6, 6.07) is 12.9. The van der Waals surface area contributed by atoms with Crippen molar-refractivity contribution in [2.24, 2.45) is 0 Å². The van der Waals surface area contributed by atoms with Crippen molar-refractivity contribution in [3.8, 4) is 0 Å². The van der Waals surface area contributed by atoms with E-state index >= 15 is 0 Å². The second kappa shape index (κ2) is 6.67. The zero-order valence-corrected chi connectivity index (χ0v) is 15.4. The van der Waals surface area contributed by atoms with Crippen LogP contribution in [-0.4, -0.2) is 17.9 Å². The fraction of sp³-hybridized carbons (Fsp3) is 0.238. The van der Waals surface area contributed by atoms with Gasteiger partial charge in [0.15, 0.2) is 0 Å². The van der Waals surface area contributed by atoms with E-state index in [2.05, 4.69) is 36.4 Å². The number of pyridine rings is 1. The average Bonchev–Trinajstić information content (AvgIpc) is 2.61. The molecule has 0 saturated carbocycles. The molecular weight excluding hydrogens is 326 g/mol. The first-order valence-electron chi connectivity index (χ1n) is 8.55. The van der Waals surface area contributed by atoms with Crippen molar-refractivity contribution in [1.82, 2.24) is 4.98 Å². The number of aromatic amines is 1. The van der Waals surface area contributed by atoms with E-state index in [0.717, 1.165) is 11.3 Å². The Labute approximate surface area is 152 Å². The predicted molar refractivity (Wildman–Crippen MR) is 107 cm³/mol. The first-order valence-corrected chi connectivity index (χ1v) is 8.55. The van der Waals surface area contributed by atoms with Crippen LogP contribution >= 0.6 is 0 Å². The molecule has 0 spiro atoms. The lowest BCUT2D eigenvalue weighted by Crippen LogP contribution is -2.22. The van der Waals surface area contributed by atoms with Crippen LogP contribution in [0.2, 0.25) is 0 Å². The topological polar surface area (TPSA) is 74.0 Å². The zero-order chi connectivity index (χ0) is 18.9. The molecule has 0 saturated heterocycles. The fourth-order valence-corrected chi connectivity index (χ4v) is 3.02. The van der Waals surface area contributed by atoms with E-state index in [4.69, 9.17) is 0 Å². The number of fused-ring (bicyclic) bond motifs is 1. The van der Waals surface area contributed by atoms with Crippen molar-refractivity contribution >= 4 is 28.2 Å². The second-order valence-corrected chi connectivity index (χ2v) is 7.29. The highest BCUT2D eigenvalue weighted by atomic mass is 16.2. The third-order valence-electron chi connectivity index (χ3n) is 4.39. The number of anilines is 2. The summed E-state index contributed by atoms with van der Waals surface area (Å²) in [5.41, 5.74) is 3.24. The van der Waals surface area contributed by atoms with Crippen LogP contribution in [0.4, 0.5) is 11.4 Å². The van der Waals surface area contributed by atoms with Gasteiger partial charge in [-0.15, -0.1) is 0 Å². The Bertz CT molecular complexity index is 1030. The largest absolute Gasteiger partial charge is 0.388 e. The molecule has 0 atom stereocenters. The minimum atomic E-state index is -0.428. The average molecular weight is 349 g/mol. The molecule has 26 heavy (non-hydrogen) atoms. The number of amides is 1. The molecule has 0 fully saturated rings. The van der Waals surface area contributed by atoms with E-state index in [9.17, 15) is 9.59 Å². The van der Waals surface area contributed by atoms with Crippen LogP contribution in [-0.2, 0) is 5.41 Å². The number of hydrogen-bond donors (Lipinski definition) is 3. The maximum atomic E-state index is 12.6. The molecule has 0 unspecified atom stereocenters. The molecule has 0 bridgehead atoms. The van der Waals surface area contributed by atoms with Crippen molar-refractivity contribution in [2.45, 2.75) is 26.2 Å². The number of rotatable bonds is 3. The molecule has 1 aromatic heterocycles. The van der Waals surface area contributed by atoms with E-state index in [-0.39, 0.29) is 16.4 Å². The van der Waals surface area contributed by atoms with Crippen LogP contribution in [0.3, 0.4) is 0 Å². The van der Waals surface area contributed by atoms with E-state index in [1.807, 2.05) is 37.4 Å². The van der Waals surface area contributed by atoms with Gasteiger partial charge in [0.1, 0.15) is 5.56 Å². The lowest BCUT2D eigenvalue weighted by atomic mass is 9.85. The maximum Gasteiger partial charge on any atom is 0.261 e. The van der Waals surface area contributed by atoms with Gasteiger partial charge in [0.05, 0.1) is 0 Å². The number of hydrogen-bond acceptors (Lipinski definition) is 3. The third-order valence-corrected chi connectivity index (χ3v) is 4.39. The summed E-state index contributed by atoms with van der Waals surface area (Å²) < 4.78 is 0. The van der Waals surface area contributed by atoms with Crippen LogP contribution < -0.4 is 16.1 Å². The van der Waals surface area contributed by atoms with Gasteiger partial charge in [-0.3, -0.25) is 9.59 Å². The van der Waals surface area contributed by atoms with Crippen molar-refractivity contribution < 1.29 is 4.79 Å². The molecule has 0 radical (unpaired) electrons. The third kappa shape index (κ3) is 3.33. The number of H-pyrrole nitrogens is 1. The first-order chi connectivity index (χ1) is 12.3. The number of para-hydroxylation sites is 1. The van der Waals surface area contributed by atoms with Gasteiger partial charge in [-0.1, -0.05) is 39.0 Å². The molecule has 5 heteroatoms. The second-order valence-electron chi connectivity index (χ2n) is 7.29. The number of aromatic nitrogens is 1. The smallest absolute Gasteiger partial charge is 0.261 e. The highest BCUT2D eigenvalue weighted by Gasteiger charge is 2.19. The highest BCUT2D eigenvalue weighted by Crippen LogP contribution is 2.31. The number of carbonyl (C=O) groups is 1. The number of carbonyl (C=O) groups excluding carboxylic acids is 1. The summed E-state index contributed by atoms with van der Waals surface area (Å²) in [5.74, 6) is -0.428. The molecule has 134 valence electrons. The molecule has 0 aliphatic carbocycles. The summed E-state index contributed by atoms with van der Waals surface area (Å²) in [6.45, 7) is 6.40. The van der Waals surface area contributed by atoms with E-state index < -0.39 is 5.91 Å². The lowest BCUT2D eigenvalue weighted by Gasteiger charge is -2.23. The Balaban J connectivity index is 1.94. The van der Waals surface area contributed by atoms with Crippen LogP contribution in [0.1, 0.15) is 36.7 Å². The monoisotopic (exact) mass is 349 g/mol. The van der Waals surface area contributed by atoms with Crippen molar-refractivity contribution in [2.75, 3.05) is 17.7 Å². The van der Waals surface area contributed by atoms with Gasteiger partial charge in [0.2, 0.25) is 5.43 Å². The standard InChI is InChI=1S/C21H23N3O2/c1-21(2,3)16-10-9-13(11-18(16)22-4)24-20(26)15-12-23-17-8-6-5-7-14(17)19(15)25/h5-12,22H,1-4H3,(H,23,25)(H,24,26). The Morgan fingerprint density at radius 1 is 1.08 bits per heavy atom. The highest BCUT2D eigenvalue weighted by molar-refractivity contribution is 6.05. The molecule has 5 nitrogen and oxygen atoms in total.